The number of anilines is 1. The van der Waals surface area contributed by atoms with Crippen molar-refractivity contribution in [3.63, 3.8) is 0 Å². The molecule has 0 aliphatic heterocycles. The minimum atomic E-state index is -0.667. The van der Waals surface area contributed by atoms with Crippen LogP contribution in [-0.4, -0.2) is 26.2 Å². The van der Waals surface area contributed by atoms with Crippen molar-refractivity contribution >= 4 is 28.3 Å². The molecule has 0 aliphatic rings. The first-order valence-corrected chi connectivity index (χ1v) is 5.33. The average Bonchev–Trinajstić information content (AvgIpc) is 2.65. The number of esters is 2. The molecule has 0 unspecified atom stereocenters. The SMILES string of the molecule is COC(=O)c1sc(N)c(C(=O)OC)c1CC#N. The topological polar surface area (TPSA) is 102 Å². The van der Waals surface area contributed by atoms with Crippen LogP contribution in [0.1, 0.15) is 25.6 Å². The molecule has 1 heterocycles. The lowest BCUT2D eigenvalue weighted by Crippen LogP contribution is -2.08. The second kappa shape index (κ2) is 5.32. The van der Waals surface area contributed by atoms with E-state index in [-0.39, 0.29) is 27.4 Å². The van der Waals surface area contributed by atoms with Gasteiger partial charge in [0.15, 0.2) is 0 Å². The lowest BCUT2D eigenvalue weighted by Gasteiger charge is -2.01. The van der Waals surface area contributed by atoms with Crippen LogP contribution < -0.4 is 5.73 Å². The van der Waals surface area contributed by atoms with Crippen LogP contribution in [0.15, 0.2) is 0 Å². The zero-order valence-electron chi connectivity index (χ0n) is 9.27. The summed E-state index contributed by atoms with van der Waals surface area (Å²) in [5.74, 6) is -1.29. The number of carbonyl (C=O) groups excluding carboxylic acids is 2. The Kier molecular flexibility index (Phi) is 4.06. The molecule has 0 atom stereocenters. The number of hydrogen-bond donors (Lipinski definition) is 1. The highest BCUT2D eigenvalue weighted by atomic mass is 32.1. The summed E-state index contributed by atoms with van der Waals surface area (Å²) in [5.41, 5.74) is 5.97. The van der Waals surface area contributed by atoms with Crippen molar-refractivity contribution in [1.29, 1.82) is 5.26 Å². The number of methoxy groups -OCH3 is 2. The molecule has 1 aromatic rings. The molecule has 0 saturated heterocycles. The molecule has 17 heavy (non-hydrogen) atoms. The van der Waals surface area contributed by atoms with Crippen LogP contribution in [-0.2, 0) is 15.9 Å². The van der Waals surface area contributed by atoms with E-state index in [9.17, 15) is 9.59 Å². The highest BCUT2D eigenvalue weighted by Gasteiger charge is 2.26. The van der Waals surface area contributed by atoms with E-state index in [1.165, 1.54) is 14.2 Å². The molecule has 7 heteroatoms. The molecule has 6 nitrogen and oxygen atoms in total. The molecular formula is C10H10N2O4S. The van der Waals surface area contributed by atoms with Gasteiger partial charge in [-0.15, -0.1) is 11.3 Å². The molecule has 0 fully saturated rings. The summed E-state index contributed by atoms with van der Waals surface area (Å²) < 4.78 is 9.12. The summed E-state index contributed by atoms with van der Waals surface area (Å²) in [6, 6.07) is 1.87. The summed E-state index contributed by atoms with van der Waals surface area (Å²) in [6.45, 7) is 0. The van der Waals surface area contributed by atoms with Crippen molar-refractivity contribution in [3.8, 4) is 6.07 Å². The summed E-state index contributed by atoms with van der Waals surface area (Å²) >= 11 is 0.909. The predicted octanol–water partition coefficient (Wildman–Crippen LogP) is 0.970. The van der Waals surface area contributed by atoms with Gasteiger partial charge in [0.2, 0.25) is 0 Å². The quantitative estimate of drug-likeness (QED) is 0.806. The van der Waals surface area contributed by atoms with E-state index in [2.05, 4.69) is 9.47 Å². The lowest BCUT2D eigenvalue weighted by atomic mass is 10.1. The number of ether oxygens (including phenoxy) is 2. The standard InChI is InChI=1S/C10H10N2O4S/c1-15-9(13)6-5(3-4-11)7(10(14)16-2)17-8(6)12/h3,12H2,1-2H3. The maximum Gasteiger partial charge on any atom is 0.348 e. The van der Waals surface area contributed by atoms with Gasteiger partial charge >= 0.3 is 11.9 Å². The van der Waals surface area contributed by atoms with Crippen molar-refractivity contribution in [2.75, 3.05) is 20.0 Å². The maximum atomic E-state index is 11.5. The van der Waals surface area contributed by atoms with E-state index in [4.69, 9.17) is 11.0 Å². The lowest BCUT2D eigenvalue weighted by molar-refractivity contribution is 0.0601. The van der Waals surface area contributed by atoms with Crippen LogP contribution in [0.3, 0.4) is 0 Å². The highest BCUT2D eigenvalue weighted by Crippen LogP contribution is 2.32. The first-order valence-electron chi connectivity index (χ1n) is 4.51. The van der Waals surface area contributed by atoms with E-state index < -0.39 is 11.9 Å². The Morgan fingerprint density at radius 2 is 1.94 bits per heavy atom. The van der Waals surface area contributed by atoms with Crippen LogP contribution >= 0.6 is 11.3 Å². The van der Waals surface area contributed by atoms with Crippen LogP contribution in [0, 0.1) is 11.3 Å². The number of nitrogens with zero attached hydrogens (tertiary/aromatic N) is 1. The van der Waals surface area contributed by atoms with Gasteiger partial charge < -0.3 is 15.2 Å². The van der Waals surface area contributed by atoms with Gasteiger partial charge in [0.05, 0.1) is 32.3 Å². The molecule has 0 saturated carbocycles. The van der Waals surface area contributed by atoms with Crippen molar-refractivity contribution in [1.82, 2.24) is 0 Å². The number of nitriles is 1. The highest BCUT2D eigenvalue weighted by molar-refractivity contribution is 7.18. The summed E-state index contributed by atoms with van der Waals surface area (Å²) in [6.07, 6.45) is -0.109. The third kappa shape index (κ3) is 2.37. The molecule has 2 N–H and O–H groups in total. The third-order valence-electron chi connectivity index (χ3n) is 2.05. The largest absolute Gasteiger partial charge is 0.465 e. The van der Waals surface area contributed by atoms with Crippen LogP contribution in [0.5, 0.6) is 0 Å². The second-order valence-corrected chi connectivity index (χ2v) is 4.02. The molecule has 1 aromatic heterocycles. The second-order valence-electron chi connectivity index (χ2n) is 2.97. The Morgan fingerprint density at radius 1 is 1.35 bits per heavy atom. The van der Waals surface area contributed by atoms with E-state index in [0.29, 0.717) is 0 Å². The van der Waals surface area contributed by atoms with Gasteiger partial charge in [-0.3, -0.25) is 0 Å². The number of carbonyl (C=O) groups is 2. The molecule has 0 spiro atoms. The van der Waals surface area contributed by atoms with Crippen LogP contribution in [0.25, 0.3) is 0 Å². The van der Waals surface area contributed by atoms with E-state index in [0.717, 1.165) is 11.3 Å². The van der Waals surface area contributed by atoms with Gasteiger partial charge in [0.25, 0.3) is 0 Å². The summed E-state index contributed by atoms with van der Waals surface area (Å²) in [7, 11) is 2.42. The molecule has 0 amide bonds. The Labute approximate surface area is 102 Å². The fourth-order valence-corrected chi connectivity index (χ4v) is 2.31. The normalized spacial score (nSPS) is 9.47. The molecule has 0 radical (unpaired) electrons. The zero-order valence-corrected chi connectivity index (χ0v) is 10.1. The van der Waals surface area contributed by atoms with Gasteiger partial charge in [0, 0.05) is 5.56 Å². The molecular weight excluding hydrogens is 244 g/mol. The molecule has 1 rings (SSSR count). The molecule has 0 bridgehead atoms. The van der Waals surface area contributed by atoms with Gasteiger partial charge in [-0.2, -0.15) is 5.26 Å². The van der Waals surface area contributed by atoms with E-state index in [1.54, 1.807) is 0 Å². The van der Waals surface area contributed by atoms with Gasteiger partial charge in [-0.25, -0.2) is 9.59 Å². The number of rotatable bonds is 3. The molecule has 90 valence electrons. The van der Waals surface area contributed by atoms with Crippen molar-refractivity contribution < 1.29 is 19.1 Å². The monoisotopic (exact) mass is 254 g/mol. The number of nitrogens with two attached hydrogens (primary N) is 1. The average molecular weight is 254 g/mol. The smallest absolute Gasteiger partial charge is 0.348 e. The van der Waals surface area contributed by atoms with Crippen molar-refractivity contribution in [2.24, 2.45) is 0 Å². The predicted molar refractivity (Wildman–Crippen MR) is 60.7 cm³/mol. The fraction of sp³-hybridized carbons (Fsp3) is 0.300. The summed E-state index contributed by atoms with van der Waals surface area (Å²) in [5, 5.41) is 8.84. The molecule has 0 aliphatic carbocycles. The third-order valence-corrected chi connectivity index (χ3v) is 3.09. The van der Waals surface area contributed by atoms with Gasteiger partial charge in [-0.05, 0) is 0 Å². The van der Waals surface area contributed by atoms with Gasteiger partial charge in [0.1, 0.15) is 9.88 Å². The number of hydrogen-bond acceptors (Lipinski definition) is 7. The maximum absolute atomic E-state index is 11.5. The zero-order chi connectivity index (χ0) is 13.0. The van der Waals surface area contributed by atoms with E-state index in [1.807, 2.05) is 6.07 Å². The Bertz CT molecular complexity index is 501. The number of thiophene rings is 1. The number of nitrogen functional groups attached to an aromatic ring is 1. The first-order chi connectivity index (χ1) is 8.06. The Morgan fingerprint density at radius 3 is 2.41 bits per heavy atom. The van der Waals surface area contributed by atoms with Gasteiger partial charge in [-0.1, -0.05) is 0 Å². The van der Waals surface area contributed by atoms with E-state index >= 15 is 0 Å². The van der Waals surface area contributed by atoms with Crippen LogP contribution in [0.4, 0.5) is 5.00 Å². The molecule has 0 aromatic carbocycles. The minimum absolute atomic E-state index is 0.0689. The Balaban J connectivity index is 3.40. The Hall–Kier alpha value is -2.07. The van der Waals surface area contributed by atoms with Crippen LogP contribution in [0.2, 0.25) is 0 Å². The van der Waals surface area contributed by atoms with Crippen molar-refractivity contribution in [3.05, 3.63) is 16.0 Å². The first kappa shape index (κ1) is 13.0. The van der Waals surface area contributed by atoms with Crippen molar-refractivity contribution in [2.45, 2.75) is 6.42 Å². The summed E-state index contributed by atoms with van der Waals surface area (Å²) in [4.78, 5) is 23.1. The fourth-order valence-electron chi connectivity index (χ4n) is 1.32. The minimum Gasteiger partial charge on any atom is -0.465 e.